The van der Waals surface area contributed by atoms with Crippen molar-refractivity contribution in [2.24, 2.45) is 5.16 Å². The van der Waals surface area contributed by atoms with Crippen LogP contribution in [0.15, 0.2) is 41.6 Å². The highest BCUT2D eigenvalue weighted by atomic mass is 19.1. The van der Waals surface area contributed by atoms with E-state index in [1.807, 2.05) is 0 Å². The van der Waals surface area contributed by atoms with Gasteiger partial charge in [0.15, 0.2) is 6.61 Å². The summed E-state index contributed by atoms with van der Waals surface area (Å²) in [6.45, 7) is 1.34. The van der Waals surface area contributed by atoms with Crippen LogP contribution in [0, 0.1) is 12.7 Å². The van der Waals surface area contributed by atoms with E-state index in [0.29, 0.717) is 28.3 Å². The van der Waals surface area contributed by atoms with E-state index in [1.165, 1.54) is 19.4 Å². The molecule has 2 aromatic carbocycles. The molecule has 1 N–H and O–H groups in total. The first-order valence-electron chi connectivity index (χ1n) is 7.47. The lowest BCUT2D eigenvalue weighted by molar-refractivity contribution is -0.120. The van der Waals surface area contributed by atoms with Gasteiger partial charge in [-0.3, -0.25) is 4.79 Å². The standard InChI is InChI=1S/C18H19FN2O4/c1-12-4-5-14(9-16(12)19)21-18(22)11-25-20-10-13-8-15(23-2)6-7-17(13)24-3/h4-10H,11H2,1-3H3,(H,21,22)/b20-10-. The average molecular weight is 346 g/mol. The zero-order chi connectivity index (χ0) is 18.2. The van der Waals surface area contributed by atoms with E-state index in [4.69, 9.17) is 14.3 Å². The number of nitrogens with one attached hydrogen (secondary N) is 1. The molecule has 0 spiro atoms. The maximum absolute atomic E-state index is 13.4. The van der Waals surface area contributed by atoms with Gasteiger partial charge in [-0.1, -0.05) is 11.2 Å². The molecule has 0 heterocycles. The largest absolute Gasteiger partial charge is 0.497 e. The first kappa shape index (κ1) is 18.3. The fourth-order valence-electron chi connectivity index (χ4n) is 2.00. The summed E-state index contributed by atoms with van der Waals surface area (Å²) < 4.78 is 23.8. The summed E-state index contributed by atoms with van der Waals surface area (Å²) in [5.74, 6) is 0.397. The zero-order valence-corrected chi connectivity index (χ0v) is 14.2. The monoisotopic (exact) mass is 346 g/mol. The minimum Gasteiger partial charge on any atom is -0.497 e. The number of amides is 1. The number of hydrogen-bond donors (Lipinski definition) is 1. The third-order valence-corrected chi connectivity index (χ3v) is 3.35. The second-order valence-electron chi connectivity index (χ2n) is 5.13. The predicted octanol–water partition coefficient (Wildman–Crippen LogP) is 3.14. The second kappa shape index (κ2) is 8.68. The number of carbonyl (C=O) groups is 1. The predicted molar refractivity (Wildman–Crippen MR) is 92.9 cm³/mol. The number of nitrogens with zero attached hydrogens (tertiary/aromatic N) is 1. The van der Waals surface area contributed by atoms with Crippen molar-refractivity contribution in [1.82, 2.24) is 0 Å². The molecule has 0 saturated carbocycles. The molecule has 0 aliphatic carbocycles. The number of oxime groups is 1. The van der Waals surface area contributed by atoms with Crippen molar-refractivity contribution in [3.05, 3.63) is 53.3 Å². The van der Waals surface area contributed by atoms with Gasteiger partial charge in [0, 0.05) is 11.3 Å². The lowest BCUT2D eigenvalue weighted by Crippen LogP contribution is -2.17. The molecule has 0 radical (unpaired) electrons. The van der Waals surface area contributed by atoms with E-state index >= 15 is 0 Å². The van der Waals surface area contributed by atoms with Gasteiger partial charge in [-0.25, -0.2) is 4.39 Å². The summed E-state index contributed by atoms with van der Waals surface area (Å²) in [6, 6.07) is 9.65. The number of benzene rings is 2. The molecule has 2 rings (SSSR count). The fourth-order valence-corrected chi connectivity index (χ4v) is 2.00. The minimum absolute atomic E-state index is 0.307. The first-order valence-corrected chi connectivity index (χ1v) is 7.47. The van der Waals surface area contributed by atoms with Gasteiger partial charge in [-0.15, -0.1) is 0 Å². The van der Waals surface area contributed by atoms with Crippen molar-refractivity contribution >= 4 is 17.8 Å². The van der Waals surface area contributed by atoms with Gasteiger partial charge in [0.25, 0.3) is 5.91 Å². The SMILES string of the molecule is COc1ccc(OC)c(/C=N\OCC(=O)Nc2ccc(C)c(F)c2)c1. The summed E-state index contributed by atoms with van der Waals surface area (Å²) in [4.78, 5) is 16.7. The van der Waals surface area contributed by atoms with Gasteiger partial charge in [0.05, 0.1) is 20.4 Å². The number of methoxy groups -OCH3 is 2. The Balaban J connectivity index is 1.90. The van der Waals surface area contributed by atoms with Gasteiger partial charge < -0.3 is 19.6 Å². The number of hydrogen-bond acceptors (Lipinski definition) is 5. The van der Waals surface area contributed by atoms with Gasteiger partial charge in [-0.05, 0) is 42.8 Å². The van der Waals surface area contributed by atoms with Crippen molar-refractivity contribution in [3.8, 4) is 11.5 Å². The molecule has 1 amide bonds. The van der Waals surface area contributed by atoms with Crippen LogP contribution < -0.4 is 14.8 Å². The van der Waals surface area contributed by atoms with Gasteiger partial charge in [-0.2, -0.15) is 0 Å². The maximum atomic E-state index is 13.4. The summed E-state index contributed by atoms with van der Waals surface area (Å²) in [5, 5.41) is 6.27. The first-order chi connectivity index (χ1) is 12.0. The molecule has 0 atom stereocenters. The van der Waals surface area contributed by atoms with Crippen molar-refractivity contribution < 1.29 is 23.5 Å². The topological polar surface area (TPSA) is 69.1 Å². The number of carbonyl (C=O) groups excluding carboxylic acids is 1. The van der Waals surface area contributed by atoms with Crippen molar-refractivity contribution in [1.29, 1.82) is 0 Å². The van der Waals surface area contributed by atoms with E-state index in [2.05, 4.69) is 10.5 Å². The third kappa shape index (κ3) is 5.20. The van der Waals surface area contributed by atoms with Crippen LogP contribution in [0.5, 0.6) is 11.5 Å². The van der Waals surface area contributed by atoms with Crippen LogP contribution in [0.2, 0.25) is 0 Å². The number of aryl methyl sites for hydroxylation is 1. The Bertz CT molecular complexity index is 778. The van der Waals surface area contributed by atoms with Crippen molar-refractivity contribution in [2.45, 2.75) is 6.92 Å². The fraction of sp³-hybridized carbons (Fsp3) is 0.222. The average Bonchev–Trinajstić information content (AvgIpc) is 2.61. The van der Waals surface area contributed by atoms with Crippen LogP contribution in [0.3, 0.4) is 0 Å². The van der Waals surface area contributed by atoms with Gasteiger partial charge >= 0.3 is 0 Å². The van der Waals surface area contributed by atoms with Crippen LogP contribution in [-0.4, -0.2) is 32.9 Å². The van der Waals surface area contributed by atoms with Crippen LogP contribution in [-0.2, 0) is 9.63 Å². The van der Waals surface area contributed by atoms with E-state index in [9.17, 15) is 9.18 Å². The molecule has 0 fully saturated rings. The quantitative estimate of drug-likeness (QED) is 0.618. The maximum Gasteiger partial charge on any atom is 0.265 e. The Morgan fingerprint density at radius 3 is 2.68 bits per heavy atom. The Morgan fingerprint density at radius 1 is 1.20 bits per heavy atom. The van der Waals surface area contributed by atoms with Gasteiger partial charge in [0.1, 0.15) is 17.3 Å². The van der Waals surface area contributed by atoms with E-state index in [0.717, 1.165) is 0 Å². The van der Waals surface area contributed by atoms with Crippen LogP contribution in [0.1, 0.15) is 11.1 Å². The minimum atomic E-state index is -0.446. The molecule has 0 aromatic heterocycles. The molecule has 6 nitrogen and oxygen atoms in total. The summed E-state index contributed by atoms with van der Waals surface area (Å²) in [6.07, 6.45) is 1.42. The molecule has 132 valence electrons. The number of halogens is 1. The molecule has 0 saturated heterocycles. The third-order valence-electron chi connectivity index (χ3n) is 3.35. The highest BCUT2D eigenvalue weighted by Crippen LogP contribution is 2.22. The summed E-state index contributed by atoms with van der Waals surface area (Å²) >= 11 is 0. The molecule has 0 aliphatic heterocycles. The van der Waals surface area contributed by atoms with Crippen LogP contribution in [0.4, 0.5) is 10.1 Å². The molecule has 0 aliphatic rings. The summed E-state index contributed by atoms with van der Waals surface area (Å²) in [5.41, 5.74) is 1.50. The lowest BCUT2D eigenvalue weighted by atomic mass is 10.2. The number of anilines is 1. The van der Waals surface area contributed by atoms with Crippen LogP contribution in [0.25, 0.3) is 0 Å². The highest BCUT2D eigenvalue weighted by molar-refractivity contribution is 5.91. The van der Waals surface area contributed by atoms with E-state index in [-0.39, 0.29) is 12.4 Å². The Kier molecular flexibility index (Phi) is 6.33. The van der Waals surface area contributed by atoms with Crippen LogP contribution >= 0.6 is 0 Å². The van der Waals surface area contributed by atoms with E-state index < -0.39 is 5.91 Å². The zero-order valence-electron chi connectivity index (χ0n) is 14.2. The number of ether oxygens (including phenoxy) is 2. The number of rotatable bonds is 7. The van der Waals surface area contributed by atoms with Gasteiger partial charge in [0.2, 0.25) is 0 Å². The van der Waals surface area contributed by atoms with Crippen molar-refractivity contribution in [3.63, 3.8) is 0 Å². The normalized spacial score (nSPS) is 10.6. The highest BCUT2D eigenvalue weighted by Gasteiger charge is 2.06. The molecular formula is C18H19FN2O4. The van der Waals surface area contributed by atoms with Crippen molar-refractivity contribution in [2.75, 3.05) is 26.1 Å². The Morgan fingerprint density at radius 2 is 2.00 bits per heavy atom. The van der Waals surface area contributed by atoms with E-state index in [1.54, 1.807) is 44.4 Å². The molecular weight excluding hydrogens is 327 g/mol. The molecule has 7 heteroatoms. The second-order valence-corrected chi connectivity index (χ2v) is 5.13. The molecule has 0 unspecified atom stereocenters. The smallest absolute Gasteiger partial charge is 0.265 e. The molecule has 2 aromatic rings. The molecule has 0 bridgehead atoms. The molecule has 25 heavy (non-hydrogen) atoms. The Labute approximate surface area is 145 Å². The summed E-state index contributed by atoms with van der Waals surface area (Å²) in [7, 11) is 3.09. The Hall–Kier alpha value is -3.09. The lowest BCUT2D eigenvalue weighted by Gasteiger charge is -2.07.